The smallest absolute Gasteiger partial charge is 0.216 e. The van der Waals surface area contributed by atoms with Crippen LogP contribution in [0.25, 0.3) is 11.3 Å². The van der Waals surface area contributed by atoms with Crippen molar-refractivity contribution in [2.24, 2.45) is 11.1 Å². The Hall–Kier alpha value is -3.75. The van der Waals surface area contributed by atoms with Crippen LogP contribution in [0.15, 0.2) is 91.3 Å². The lowest BCUT2D eigenvalue weighted by atomic mass is 10.1. The van der Waals surface area contributed by atoms with E-state index in [0.29, 0.717) is 23.7 Å². The second-order valence-corrected chi connectivity index (χ2v) is 10.3. The summed E-state index contributed by atoms with van der Waals surface area (Å²) in [6, 6.07) is 26.9. The third-order valence-corrected chi connectivity index (χ3v) is 7.32. The van der Waals surface area contributed by atoms with Gasteiger partial charge >= 0.3 is 0 Å². The highest BCUT2D eigenvalue weighted by Crippen LogP contribution is 2.45. The number of nitrogens with zero attached hydrogens (tertiary/aromatic N) is 2. The minimum Gasteiger partial charge on any atom is -0.488 e. The minimum atomic E-state index is -3.68. The van der Waals surface area contributed by atoms with Gasteiger partial charge in [-0.1, -0.05) is 54.6 Å². The van der Waals surface area contributed by atoms with E-state index in [4.69, 9.17) is 9.88 Å². The Kier molecular flexibility index (Phi) is 6.48. The monoisotopic (exact) mass is 486 g/mol. The molecule has 0 spiro atoms. The van der Waals surface area contributed by atoms with Crippen LogP contribution in [0.3, 0.4) is 0 Å². The largest absolute Gasteiger partial charge is 0.488 e. The van der Waals surface area contributed by atoms with Gasteiger partial charge in [0.1, 0.15) is 29.8 Å². The van der Waals surface area contributed by atoms with Crippen molar-refractivity contribution in [1.82, 2.24) is 9.97 Å². The number of primary sulfonamides is 1. The maximum atomic E-state index is 12.2. The molecule has 3 N–H and O–H groups in total. The molecule has 0 saturated heterocycles. The number of rotatable bonds is 9. The molecule has 1 unspecified atom stereocenters. The topological polar surface area (TPSA) is 107 Å². The first-order chi connectivity index (χ1) is 17.0. The number of sulfonamides is 1. The summed E-state index contributed by atoms with van der Waals surface area (Å²) in [6.07, 6.45) is 3.24. The van der Waals surface area contributed by atoms with Crippen LogP contribution in [-0.2, 0) is 16.6 Å². The summed E-state index contributed by atoms with van der Waals surface area (Å²) in [6.45, 7) is 0.451. The van der Waals surface area contributed by atoms with Gasteiger partial charge in [-0.05, 0) is 54.2 Å². The maximum absolute atomic E-state index is 12.2. The molecule has 1 aliphatic carbocycles. The van der Waals surface area contributed by atoms with Crippen LogP contribution in [0.1, 0.15) is 29.2 Å². The number of benzene rings is 3. The molecule has 1 heterocycles. The molecule has 1 saturated carbocycles. The number of ether oxygens (including phenoxy) is 1. The third-order valence-electron chi connectivity index (χ3n) is 5.96. The molecule has 8 heteroatoms. The van der Waals surface area contributed by atoms with Gasteiger partial charge in [0.05, 0.1) is 5.69 Å². The average Bonchev–Trinajstić information content (AvgIpc) is 3.68. The minimum absolute atomic E-state index is 0.0818. The maximum Gasteiger partial charge on any atom is 0.216 e. The SMILES string of the molecule is NS(=O)(=O)C(c1cccc(Nc2cc(-c3ccccc3OCc3ccccc3)ncn2)c1)C1CC1. The molecule has 0 radical (unpaired) electrons. The standard InChI is InChI=1S/C27H26N4O3S/c28-35(32,33)27(20-13-14-20)21-9-6-10-22(15-21)31-26-16-24(29-18-30-26)23-11-4-5-12-25(23)34-17-19-7-2-1-3-8-19/h1-12,15-16,18,20,27H,13-14,17H2,(H2,28,32,33)(H,29,30,31). The van der Waals surface area contributed by atoms with E-state index in [0.717, 1.165) is 35.4 Å². The summed E-state index contributed by atoms with van der Waals surface area (Å²) in [5, 5.41) is 8.12. The van der Waals surface area contributed by atoms with Gasteiger partial charge in [-0.15, -0.1) is 0 Å². The molecule has 0 amide bonds. The van der Waals surface area contributed by atoms with Crippen LogP contribution in [0.5, 0.6) is 5.75 Å². The van der Waals surface area contributed by atoms with Crippen molar-refractivity contribution >= 4 is 21.5 Å². The molecule has 7 nitrogen and oxygen atoms in total. The molecule has 4 aromatic rings. The van der Waals surface area contributed by atoms with Crippen LogP contribution in [-0.4, -0.2) is 18.4 Å². The summed E-state index contributed by atoms with van der Waals surface area (Å²) in [4.78, 5) is 8.80. The molecule has 1 aliphatic rings. The van der Waals surface area contributed by atoms with E-state index in [9.17, 15) is 8.42 Å². The summed E-state index contributed by atoms with van der Waals surface area (Å²) >= 11 is 0. The molecular weight excluding hydrogens is 460 g/mol. The lowest BCUT2D eigenvalue weighted by Crippen LogP contribution is -2.23. The van der Waals surface area contributed by atoms with E-state index in [1.54, 1.807) is 0 Å². The Morgan fingerprint density at radius 1 is 0.943 bits per heavy atom. The quantitative estimate of drug-likeness (QED) is 0.336. The van der Waals surface area contributed by atoms with Crippen LogP contribution >= 0.6 is 0 Å². The highest BCUT2D eigenvalue weighted by molar-refractivity contribution is 7.89. The van der Waals surface area contributed by atoms with Crippen LogP contribution in [0, 0.1) is 5.92 Å². The van der Waals surface area contributed by atoms with Gasteiger partial charge in [-0.2, -0.15) is 0 Å². The zero-order chi connectivity index (χ0) is 24.3. The van der Waals surface area contributed by atoms with E-state index < -0.39 is 15.3 Å². The molecule has 1 aromatic heterocycles. The first-order valence-electron chi connectivity index (χ1n) is 11.4. The van der Waals surface area contributed by atoms with Crippen molar-refractivity contribution < 1.29 is 13.2 Å². The molecule has 0 aliphatic heterocycles. The second kappa shape index (κ2) is 9.85. The van der Waals surface area contributed by atoms with Gasteiger partial charge in [0, 0.05) is 17.3 Å². The van der Waals surface area contributed by atoms with E-state index in [-0.39, 0.29) is 5.92 Å². The Morgan fingerprint density at radius 3 is 2.49 bits per heavy atom. The Bertz CT molecular complexity index is 1420. The van der Waals surface area contributed by atoms with E-state index in [2.05, 4.69) is 15.3 Å². The summed E-state index contributed by atoms with van der Waals surface area (Å²) in [5.74, 6) is 1.39. The molecule has 178 valence electrons. The number of hydrogen-bond acceptors (Lipinski definition) is 6. The number of para-hydroxylation sites is 1. The predicted octanol–water partition coefficient (Wildman–Crippen LogP) is 5.21. The Balaban J connectivity index is 1.37. The van der Waals surface area contributed by atoms with Crippen molar-refractivity contribution in [3.05, 3.63) is 102 Å². The van der Waals surface area contributed by atoms with Crippen molar-refractivity contribution in [1.29, 1.82) is 0 Å². The summed E-state index contributed by atoms with van der Waals surface area (Å²) in [5.41, 5.74) is 4.06. The van der Waals surface area contributed by atoms with Crippen molar-refractivity contribution in [3.63, 3.8) is 0 Å². The summed E-state index contributed by atoms with van der Waals surface area (Å²) in [7, 11) is -3.68. The highest BCUT2D eigenvalue weighted by atomic mass is 32.2. The average molecular weight is 487 g/mol. The molecule has 1 atom stereocenters. The van der Waals surface area contributed by atoms with Gasteiger partial charge in [0.2, 0.25) is 10.0 Å². The third kappa shape index (κ3) is 5.67. The van der Waals surface area contributed by atoms with Crippen LogP contribution in [0.4, 0.5) is 11.5 Å². The van der Waals surface area contributed by atoms with Gasteiger partial charge in [0.15, 0.2) is 0 Å². The van der Waals surface area contributed by atoms with Crippen LogP contribution < -0.4 is 15.2 Å². The first-order valence-corrected chi connectivity index (χ1v) is 13.0. The van der Waals surface area contributed by atoms with Gasteiger partial charge in [-0.25, -0.2) is 23.5 Å². The van der Waals surface area contributed by atoms with E-state index in [1.165, 1.54) is 6.33 Å². The second-order valence-electron chi connectivity index (χ2n) is 8.66. The number of nitrogens with two attached hydrogens (primary N) is 1. The molecule has 1 fully saturated rings. The van der Waals surface area contributed by atoms with Crippen molar-refractivity contribution in [3.8, 4) is 17.0 Å². The Labute approximate surface area is 205 Å². The lowest BCUT2D eigenvalue weighted by Gasteiger charge is -2.16. The fourth-order valence-electron chi connectivity index (χ4n) is 4.18. The van der Waals surface area contributed by atoms with Gasteiger partial charge < -0.3 is 10.1 Å². The molecule has 3 aromatic carbocycles. The van der Waals surface area contributed by atoms with Gasteiger partial charge in [-0.3, -0.25) is 0 Å². The first kappa shape index (κ1) is 23.0. The zero-order valence-electron chi connectivity index (χ0n) is 19.0. The predicted molar refractivity (Wildman–Crippen MR) is 137 cm³/mol. The van der Waals surface area contributed by atoms with Crippen molar-refractivity contribution in [2.45, 2.75) is 24.7 Å². The number of aromatic nitrogens is 2. The van der Waals surface area contributed by atoms with E-state index in [1.807, 2.05) is 84.9 Å². The number of hydrogen-bond donors (Lipinski definition) is 2. The molecule has 5 rings (SSSR count). The number of nitrogens with one attached hydrogen (secondary N) is 1. The molecule has 0 bridgehead atoms. The fourth-order valence-corrected chi connectivity index (χ4v) is 5.52. The highest BCUT2D eigenvalue weighted by Gasteiger charge is 2.39. The molecule has 35 heavy (non-hydrogen) atoms. The number of anilines is 2. The Morgan fingerprint density at radius 2 is 1.71 bits per heavy atom. The van der Waals surface area contributed by atoms with Crippen LogP contribution in [0.2, 0.25) is 0 Å². The lowest BCUT2D eigenvalue weighted by molar-refractivity contribution is 0.307. The molecular formula is C27H26N4O3S. The van der Waals surface area contributed by atoms with Crippen molar-refractivity contribution in [2.75, 3.05) is 5.32 Å². The van der Waals surface area contributed by atoms with Gasteiger partial charge in [0.25, 0.3) is 0 Å². The zero-order valence-corrected chi connectivity index (χ0v) is 19.9. The summed E-state index contributed by atoms with van der Waals surface area (Å²) < 4.78 is 30.5. The normalized spacial score (nSPS) is 14.3. The van der Waals surface area contributed by atoms with E-state index >= 15 is 0 Å². The fraction of sp³-hybridized carbons (Fsp3) is 0.185.